The van der Waals surface area contributed by atoms with Gasteiger partial charge in [-0.3, -0.25) is 4.90 Å². The van der Waals surface area contributed by atoms with E-state index in [1.165, 1.54) is 12.4 Å². The largest absolute Gasteiger partial charge is 0.379 e. The normalized spacial score (nSPS) is 16.7. The van der Waals surface area contributed by atoms with E-state index in [4.69, 9.17) is 9.26 Å². The summed E-state index contributed by atoms with van der Waals surface area (Å²) in [6, 6.07) is 6.74. The lowest BCUT2D eigenvalue weighted by molar-refractivity contribution is 0.0186. The molecule has 136 valence electrons. The maximum absolute atomic E-state index is 13.8. The molecule has 1 saturated heterocycles. The van der Waals surface area contributed by atoms with Crippen molar-refractivity contribution in [3.05, 3.63) is 47.7 Å². The maximum Gasteiger partial charge on any atom is 0.263 e. The molecule has 1 atom stereocenters. The average Bonchev–Trinajstić information content (AvgIpc) is 3.05. The van der Waals surface area contributed by atoms with E-state index >= 15 is 0 Å². The summed E-state index contributed by atoms with van der Waals surface area (Å²) in [7, 11) is 0. The Morgan fingerprint density at radius 2 is 2.12 bits per heavy atom. The second kappa shape index (κ2) is 7.35. The van der Waals surface area contributed by atoms with Crippen molar-refractivity contribution in [1.82, 2.24) is 20.0 Å². The van der Waals surface area contributed by atoms with E-state index < -0.39 is 0 Å². The highest BCUT2D eigenvalue weighted by molar-refractivity contribution is 5.87. The van der Waals surface area contributed by atoms with Gasteiger partial charge in [-0.05, 0) is 24.6 Å². The first kappa shape index (κ1) is 16.9. The molecule has 2 aromatic heterocycles. The van der Waals surface area contributed by atoms with E-state index in [0.717, 1.165) is 29.7 Å². The third kappa shape index (κ3) is 3.38. The molecule has 0 aliphatic carbocycles. The van der Waals surface area contributed by atoms with Crippen LogP contribution >= 0.6 is 0 Å². The smallest absolute Gasteiger partial charge is 0.263 e. The van der Waals surface area contributed by atoms with Crippen LogP contribution in [0.25, 0.3) is 11.1 Å². The van der Waals surface area contributed by atoms with Crippen LogP contribution in [-0.4, -0.2) is 52.9 Å². The number of rotatable bonds is 5. The van der Waals surface area contributed by atoms with Crippen molar-refractivity contribution >= 4 is 16.9 Å². The molecule has 3 heterocycles. The minimum absolute atomic E-state index is 0.000202. The molecule has 26 heavy (non-hydrogen) atoms. The molecule has 1 N–H and O–H groups in total. The van der Waals surface area contributed by atoms with Crippen LogP contribution in [0.15, 0.2) is 35.1 Å². The molecular formula is C18H20FN5O2. The Hall–Kier alpha value is -2.58. The molecule has 0 bridgehead atoms. The van der Waals surface area contributed by atoms with Gasteiger partial charge in [0.25, 0.3) is 5.71 Å². The Morgan fingerprint density at radius 1 is 1.27 bits per heavy atom. The lowest BCUT2D eigenvalue weighted by Gasteiger charge is -2.35. The van der Waals surface area contributed by atoms with Crippen LogP contribution in [0.3, 0.4) is 0 Å². The molecular weight excluding hydrogens is 337 g/mol. The Balaban J connectivity index is 1.61. The third-order valence-corrected chi connectivity index (χ3v) is 4.63. The Labute approximate surface area is 150 Å². The highest BCUT2D eigenvalue weighted by Gasteiger charge is 2.23. The van der Waals surface area contributed by atoms with Crippen LogP contribution in [0.4, 0.5) is 10.2 Å². The third-order valence-electron chi connectivity index (χ3n) is 4.63. The maximum atomic E-state index is 13.8. The molecule has 0 spiro atoms. The number of nitrogens with zero attached hydrogens (tertiary/aromatic N) is 4. The molecule has 8 heteroatoms. The summed E-state index contributed by atoms with van der Waals surface area (Å²) in [5.74, 6) is 0.434. The lowest BCUT2D eigenvalue weighted by Crippen LogP contribution is -2.41. The van der Waals surface area contributed by atoms with Gasteiger partial charge >= 0.3 is 0 Å². The number of halogens is 1. The van der Waals surface area contributed by atoms with Crippen molar-refractivity contribution < 1.29 is 13.7 Å². The van der Waals surface area contributed by atoms with Crippen molar-refractivity contribution in [3.63, 3.8) is 0 Å². The molecule has 1 aliphatic rings. The number of aryl methyl sites for hydroxylation is 1. The number of hydrogen-bond donors (Lipinski definition) is 1. The second-order valence-corrected chi connectivity index (χ2v) is 6.27. The minimum atomic E-state index is -0.236. The first-order valence-electron chi connectivity index (χ1n) is 8.60. The summed E-state index contributed by atoms with van der Waals surface area (Å²) in [6.45, 7) is 5.37. The van der Waals surface area contributed by atoms with Gasteiger partial charge in [0.15, 0.2) is 0 Å². The van der Waals surface area contributed by atoms with Gasteiger partial charge in [-0.15, -0.1) is 0 Å². The van der Waals surface area contributed by atoms with Crippen LogP contribution in [0.2, 0.25) is 0 Å². The van der Waals surface area contributed by atoms with Gasteiger partial charge in [-0.2, -0.15) is 4.98 Å². The average molecular weight is 357 g/mol. The molecule has 1 aliphatic heterocycles. The van der Waals surface area contributed by atoms with Crippen molar-refractivity contribution in [2.75, 3.05) is 38.2 Å². The zero-order chi connectivity index (χ0) is 17.9. The molecule has 7 nitrogen and oxygen atoms in total. The lowest BCUT2D eigenvalue weighted by atomic mass is 10.0. The van der Waals surface area contributed by atoms with Crippen molar-refractivity contribution in [3.8, 4) is 0 Å². The molecule has 0 amide bonds. The summed E-state index contributed by atoms with van der Waals surface area (Å²) >= 11 is 0. The topological polar surface area (TPSA) is 76.3 Å². The van der Waals surface area contributed by atoms with Gasteiger partial charge in [0, 0.05) is 19.6 Å². The first-order chi connectivity index (χ1) is 12.7. The predicted molar refractivity (Wildman–Crippen MR) is 94.4 cm³/mol. The van der Waals surface area contributed by atoms with Crippen LogP contribution in [0.5, 0.6) is 0 Å². The summed E-state index contributed by atoms with van der Waals surface area (Å²) in [5, 5.41) is 8.09. The highest BCUT2D eigenvalue weighted by Crippen LogP contribution is 2.26. The SMILES string of the molecule is Cc1noc2ncnc(NC[C@@H](c3cccc(F)c3)N3CCOCC3)c12. The number of anilines is 1. The predicted octanol–water partition coefficient (Wildman–Crippen LogP) is 2.55. The molecule has 0 saturated carbocycles. The standard InChI is InChI=1S/C18H20FN5O2/c1-12-16-17(21-11-22-18(16)26-23-12)20-10-15(24-5-7-25-8-6-24)13-3-2-4-14(19)9-13/h2-4,9,11,15H,5-8,10H2,1H3,(H,20,21,22)/t15-/m0/s1. The number of nitrogens with one attached hydrogen (secondary N) is 1. The fraction of sp³-hybridized carbons (Fsp3) is 0.389. The number of hydrogen-bond acceptors (Lipinski definition) is 7. The molecule has 1 aromatic carbocycles. The van der Waals surface area contributed by atoms with Gasteiger partial charge in [0.1, 0.15) is 23.3 Å². The highest BCUT2D eigenvalue weighted by atomic mass is 19.1. The number of aromatic nitrogens is 3. The van der Waals surface area contributed by atoms with E-state index in [9.17, 15) is 4.39 Å². The van der Waals surface area contributed by atoms with Gasteiger partial charge < -0.3 is 14.6 Å². The second-order valence-electron chi connectivity index (χ2n) is 6.27. The zero-order valence-corrected chi connectivity index (χ0v) is 14.5. The van der Waals surface area contributed by atoms with Crippen LogP contribution in [-0.2, 0) is 4.74 Å². The fourth-order valence-electron chi connectivity index (χ4n) is 3.31. The van der Waals surface area contributed by atoms with Gasteiger partial charge in [-0.25, -0.2) is 9.37 Å². The van der Waals surface area contributed by atoms with Gasteiger partial charge in [0.2, 0.25) is 0 Å². The molecule has 0 unspecified atom stereocenters. The monoisotopic (exact) mass is 357 g/mol. The number of benzene rings is 1. The Bertz CT molecular complexity index is 894. The minimum Gasteiger partial charge on any atom is -0.379 e. The van der Waals surface area contributed by atoms with Gasteiger partial charge in [-0.1, -0.05) is 17.3 Å². The van der Waals surface area contributed by atoms with E-state index in [-0.39, 0.29) is 11.9 Å². The number of ether oxygens (including phenoxy) is 1. The van der Waals surface area contributed by atoms with Gasteiger partial charge in [0.05, 0.1) is 24.9 Å². The summed E-state index contributed by atoms with van der Waals surface area (Å²) < 4.78 is 24.4. The van der Waals surface area contributed by atoms with Crippen molar-refractivity contribution in [2.45, 2.75) is 13.0 Å². The van der Waals surface area contributed by atoms with Crippen LogP contribution in [0.1, 0.15) is 17.3 Å². The molecule has 1 fully saturated rings. The summed E-state index contributed by atoms with van der Waals surface area (Å²) in [5.41, 5.74) is 2.11. The number of morpholine rings is 1. The summed E-state index contributed by atoms with van der Waals surface area (Å²) in [6.07, 6.45) is 1.45. The van der Waals surface area contributed by atoms with E-state index in [0.29, 0.717) is 31.3 Å². The van der Waals surface area contributed by atoms with Crippen LogP contribution in [0, 0.1) is 12.7 Å². The molecule has 4 rings (SSSR count). The quantitative estimate of drug-likeness (QED) is 0.752. The Morgan fingerprint density at radius 3 is 2.92 bits per heavy atom. The van der Waals surface area contributed by atoms with Crippen molar-refractivity contribution in [1.29, 1.82) is 0 Å². The first-order valence-corrected chi connectivity index (χ1v) is 8.60. The van der Waals surface area contributed by atoms with E-state index in [2.05, 4.69) is 25.3 Å². The fourth-order valence-corrected chi connectivity index (χ4v) is 3.31. The van der Waals surface area contributed by atoms with E-state index in [1.54, 1.807) is 12.1 Å². The summed E-state index contributed by atoms with van der Waals surface area (Å²) in [4.78, 5) is 10.7. The van der Waals surface area contributed by atoms with Crippen molar-refractivity contribution in [2.24, 2.45) is 0 Å². The molecule has 3 aromatic rings. The van der Waals surface area contributed by atoms with Crippen LogP contribution < -0.4 is 5.32 Å². The number of fused-ring (bicyclic) bond motifs is 1. The molecule has 0 radical (unpaired) electrons. The Kier molecular flexibility index (Phi) is 4.77. The van der Waals surface area contributed by atoms with E-state index in [1.807, 2.05) is 13.0 Å². The zero-order valence-electron chi connectivity index (χ0n) is 14.5.